The van der Waals surface area contributed by atoms with Crippen molar-refractivity contribution in [1.29, 1.82) is 0 Å². The molecule has 86 valence electrons. The summed E-state index contributed by atoms with van der Waals surface area (Å²) in [6, 6.07) is 0. The molecule has 0 radical (unpaired) electrons. The molecule has 0 aromatic heterocycles. The van der Waals surface area contributed by atoms with Crippen molar-refractivity contribution in [3.05, 3.63) is 0 Å². The standard InChI is InChI=1S/C10H23NO3/c1-10(12)4-6-11-5-3-7-14-9-8-13-2/h10-12H,3-9H2,1-2H3. The molecule has 1 atom stereocenters. The number of methoxy groups -OCH3 is 1. The third-order valence-corrected chi connectivity index (χ3v) is 1.81. The Kier molecular flexibility index (Phi) is 10.8. The van der Waals surface area contributed by atoms with Crippen molar-refractivity contribution in [2.45, 2.75) is 25.9 Å². The van der Waals surface area contributed by atoms with Crippen LogP contribution in [0.4, 0.5) is 0 Å². The maximum absolute atomic E-state index is 8.97. The van der Waals surface area contributed by atoms with E-state index in [0.717, 1.165) is 32.5 Å². The molecule has 0 bridgehead atoms. The summed E-state index contributed by atoms with van der Waals surface area (Å²) < 4.78 is 10.1. The molecule has 0 aliphatic heterocycles. The average Bonchev–Trinajstić information content (AvgIpc) is 2.15. The molecule has 0 saturated carbocycles. The molecule has 0 aromatic carbocycles. The van der Waals surface area contributed by atoms with Crippen LogP contribution in [-0.4, -0.2) is 51.2 Å². The van der Waals surface area contributed by atoms with Crippen molar-refractivity contribution in [3.63, 3.8) is 0 Å². The van der Waals surface area contributed by atoms with Crippen LogP contribution < -0.4 is 5.32 Å². The van der Waals surface area contributed by atoms with Gasteiger partial charge in [-0.15, -0.1) is 0 Å². The van der Waals surface area contributed by atoms with Gasteiger partial charge >= 0.3 is 0 Å². The summed E-state index contributed by atoms with van der Waals surface area (Å²) in [4.78, 5) is 0. The maximum Gasteiger partial charge on any atom is 0.0700 e. The van der Waals surface area contributed by atoms with Crippen molar-refractivity contribution in [1.82, 2.24) is 5.32 Å². The van der Waals surface area contributed by atoms with Crippen molar-refractivity contribution in [3.8, 4) is 0 Å². The van der Waals surface area contributed by atoms with Crippen LogP contribution in [0.1, 0.15) is 19.8 Å². The second-order valence-electron chi connectivity index (χ2n) is 3.35. The fourth-order valence-corrected chi connectivity index (χ4v) is 0.980. The lowest BCUT2D eigenvalue weighted by Gasteiger charge is -2.06. The Morgan fingerprint density at radius 2 is 2.00 bits per heavy atom. The molecule has 2 N–H and O–H groups in total. The molecule has 14 heavy (non-hydrogen) atoms. The summed E-state index contributed by atoms with van der Waals surface area (Å²) in [5.74, 6) is 0. The molecule has 0 saturated heterocycles. The van der Waals surface area contributed by atoms with Gasteiger partial charge in [0.25, 0.3) is 0 Å². The van der Waals surface area contributed by atoms with Gasteiger partial charge < -0.3 is 19.9 Å². The smallest absolute Gasteiger partial charge is 0.0700 e. The minimum atomic E-state index is -0.208. The van der Waals surface area contributed by atoms with Crippen LogP contribution in [-0.2, 0) is 9.47 Å². The Labute approximate surface area is 86.6 Å². The van der Waals surface area contributed by atoms with E-state index in [1.54, 1.807) is 14.0 Å². The summed E-state index contributed by atoms with van der Waals surface area (Å²) >= 11 is 0. The maximum atomic E-state index is 8.97. The van der Waals surface area contributed by atoms with Crippen LogP contribution in [0.2, 0.25) is 0 Å². The van der Waals surface area contributed by atoms with Gasteiger partial charge in [-0.25, -0.2) is 0 Å². The van der Waals surface area contributed by atoms with Crippen LogP contribution >= 0.6 is 0 Å². The Hall–Kier alpha value is -0.160. The van der Waals surface area contributed by atoms with E-state index < -0.39 is 0 Å². The van der Waals surface area contributed by atoms with E-state index in [9.17, 15) is 0 Å². The Bertz CT molecular complexity index is 110. The van der Waals surface area contributed by atoms with Gasteiger partial charge in [-0.3, -0.25) is 0 Å². The van der Waals surface area contributed by atoms with Gasteiger partial charge in [0.1, 0.15) is 0 Å². The molecule has 0 aliphatic rings. The number of hydrogen-bond acceptors (Lipinski definition) is 4. The fourth-order valence-electron chi connectivity index (χ4n) is 0.980. The lowest BCUT2D eigenvalue weighted by atomic mass is 10.3. The van der Waals surface area contributed by atoms with Crippen molar-refractivity contribution in [2.24, 2.45) is 0 Å². The van der Waals surface area contributed by atoms with Gasteiger partial charge in [0.2, 0.25) is 0 Å². The van der Waals surface area contributed by atoms with E-state index in [1.807, 2.05) is 0 Å². The predicted molar refractivity (Wildman–Crippen MR) is 56.5 cm³/mol. The summed E-state index contributed by atoms with van der Waals surface area (Å²) in [7, 11) is 1.67. The van der Waals surface area contributed by atoms with Gasteiger partial charge in [-0.2, -0.15) is 0 Å². The second-order valence-corrected chi connectivity index (χ2v) is 3.35. The molecule has 1 unspecified atom stereocenters. The lowest BCUT2D eigenvalue weighted by molar-refractivity contribution is 0.0694. The second kappa shape index (κ2) is 10.9. The van der Waals surface area contributed by atoms with Gasteiger partial charge in [0.05, 0.1) is 19.3 Å². The Morgan fingerprint density at radius 3 is 2.64 bits per heavy atom. The third-order valence-electron chi connectivity index (χ3n) is 1.81. The first kappa shape index (κ1) is 13.8. The van der Waals surface area contributed by atoms with Crippen LogP contribution in [0.3, 0.4) is 0 Å². The molecule has 0 fully saturated rings. The average molecular weight is 205 g/mol. The molecule has 4 heteroatoms. The van der Waals surface area contributed by atoms with E-state index in [2.05, 4.69) is 5.32 Å². The van der Waals surface area contributed by atoms with Gasteiger partial charge in [-0.05, 0) is 32.9 Å². The molecular formula is C10H23NO3. The largest absolute Gasteiger partial charge is 0.393 e. The molecule has 0 rings (SSSR count). The molecule has 0 aliphatic carbocycles. The minimum absolute atomic E-state index is 0.208. The first-order chi connectivity index (χ1) is 6.77. The Morgan fingerprint density at radius 1 is 1.21 bits per heavy atom. The van der Waals surface area contributed by atoms with E-state index in [-0.39, 0.29) is 6.10 Å². The zero-order valence-electron chi connectivity index (χ0n) is 9.29. The van der Waals surface area contributed by atoms with Gasteiger partial charge in [0, 0.05) is 13.7 Å². The molecule has 0 amide bonds. The van der Waals surface area contributed by atoms with E-state index in [1.165, 1.54) is 0 Å². The normalized spacial score (nSPS) is 13.1. The number of aliphatic hydroxyl groups is 1. The monoisotopic (exact) mass is 205 g/mol. The van der Waals surface area contributed by atoms with Gasteiger partial charge in [-0.1, -0.05) is 0 Å². The quantitative estimate of drug-likeness (QED) is 0.507. The van der Waals surface area contributed by atoms with Crippen molar-refractivity contribution in [2.75, 3.05) is 40.0 Å². The summed E-state index contributed by atoms with van der Waals surface area (Å²) in [6.07, 6.45) is 1.61. The molecule has 0 spiro atoms. The number of ether oxygens (including phenoxy) is 2. The number of hydrogen-bond donors (Lipinski definition) is 2. The van der Waals surface area contributed by atoms with Crippen LogP contribution in [0.15, 0.2) is 0 Å². The van der Waals surface area contributed by atoms with Crippen molar-refractivity contribution >= 4 is 0 Å². The SMILES string of the molecule is COCCOCCCNCCC(C)O. The van der Waals surface area contributed by atoms with Crippen LogP contribution in [0, 0.1) is 0 Å². The first-order valence-electron chi connectivity index (χ1n) is 5.23. The topological polar surface area (TPSA) is 50.7 Å². The molecule has 0 heterocycles. The van der Waals surface area contributed by atoms with E-state index in [4.69, 9.17) is 14.6 Å². The lowest BCUT2D eigenvalue weighted by Crippen LogP contribution is -2.21. The highest BCUT2D eigenvalue weighted by molar-refractivity contribution is 4.52. The molecular weight excluding hydrogens is 182 g/mol. The Balaban J connectivity index is 2.85. The zero-order chi connectivity index (χ0) is 10.6. The highest BCUT2D eigenvalue weighted by Gasteiger charge is 1.94. The number of aliphatic hydroxyl groups excluding tert-OH is 1. The summed E-state index contributed by atoms with van der Waals surface area (Å²) in [5.41, 5.74) is 0. The van der Waals surface area contributed by atoms with E-state index >= 15 is 0 Å². The highest BCUT2D eigenvalue weighted by atomic mass is 16.5. The number of nitrogens with one attached hydrogen (secondary N) is 1. The molecule has 0 aromatic rings. The fraction of sp³-hybridized carbons (Fsp3) is 1.00. The highest BCUT2D eigenvalue weighted by Crippen LogP contribution is 1.86. The van der Waals surface area contributed by atoms with Gasteiger partial charge in [0.15, 0.2) is 0 Å². The minimum Gasteiger partial charge on any atom is -0.393 e. The third kappa shape index (κ3) is 11.8. The molecule has 4 nitrogen and oxygen atoms in total. The van der Waals surface area contributed by atoms with Crippen LogP contribution in [0.5, 0.6) is 0 Å². The van der Waals surface area contributed by atoms with E-state index in [0.29, 0.717) is 13.2 Å². The van der Waals surface area contributed by atoms with Crippen molar-refractivity contribution < 1.29 is 14.6 Å². The zero-order valence-corrected chi connectivity index (χ0v) is 9.29. The summed E-state index contributed by atoms with van der Waals surface area (Å²) in [5, 5.41) is 12.2. The van der Waals surface area contributed by atoms with Crippen LogP contribution in [0.25, 0.3) is 0 Å². The summed E-state index contributed by atoms with van der Waals surface area (Å²) in [6.45, 7) is 5.72. The first-order valence-corrected chi connectivity index (χ1v) is 5.23. The predicted octanol–water partition coefficient (Wildman–Crippen LogP) is 0.400. The number of rotatable bonds is 10.